The average molecular weight is 603 g/mol. The fourth-order valence-electron chi connectivity index (χ4n) is 4.57. The highest BCUT2D eigenvalue weighted by molar-refractivity contribution is 6.29. The van der Waals surface area contributed by atoms with Gasteiger partial charge < -0.3 is 14.4 Å². The Labute approximate surface area is 250 Å². The van der Waals surface area contributed by atoms with Crippen molar-refractivity contribution in [2.45, 2.75) is 25.0 Å². The van der Waals surface area contributed by atoms with E-state index in [-0.39, 0.29) is 34.2 Å². The van der Waals surface area contributed by atoms with Crippen LogP contribution in [0.5, 0.6) is 0 Å². The van der Waals surface area contributed by atoms with E-state index in [1.807, 2.05) is 60.7 Å². The molecule has 6 rings (SSSR count). The number of oxime groups is 2. The van der Waals surface area contributed by atoms with Crippen LogP contribution in [-0.2, 0) is 28.5 Å². The molecule has 0 bridgehead atoms. The molecule has 0 saturated heterocycles. The summed E-state index contributed by atoms with van der Waals surface area (Å²) < 4.78 is 6.95. The zero-order valence-electron chi connectivity index (χ0n) is 23.5. The van der Waals surface area contributed by atoms with Gasteiger partial charge in [0.25, 0.3) is 11.1 Å². The first kappa shape index (κ1) is 29.4. The van der Waals surface area contributed by atoms with E-state index >= 15 is 0 Å². The molecule has 220 valence electrons. The lowest BCUT2D eigenvalue weighted by atomic mass is 10.0. The number of carbonyl (C=O) groups is 1. The third kappa shape index (κ3) is 6.54. The lowest BCUT2D eigenvalue weighted by Crippen LogP contribution is -2.28. The highest BCUT2D eigenvalue weighted by Crippen LogP contribution is 2.29. The number of aryl methyl sites for hydroxylation is 2. The molecule has 2 aromatic heterocycles. The van der Waals surface area contributed by atoms with Crippen molar-refractivity contribution in [1.29, 1.82) is 0 Å². The van der Waals surface area contributed by atoms with E-state index in [1.165, 1.54) is 31.0 Å². The molecule has 0 aliphatic carbocycles. The maximum absolute atomic E-state index is 12.3. The largest absolute Gasteiger partial charge is 0.464 e. The number of esters is 1. The topological polar surface area (TPSA) is 139 Å². The first-order chi connectivity index (χ1) is 20.7. The number of hydrogen-bond donors (Lipinski definition) is 0. The Morgan fingerprint density at radius 1 is 0.791 bits per heavy atom. The molecule has 43 heavy (non-hydrogen) atoms. The van der Waals surface area contributed by atoms with Gasteiger partial charge in [0.05, 0.1) is 29.7 Å². The predicted octanol–water partition coefficient (Wildman–Crippen LogP) is 3.73. The van der Waals surface area contributed by atoms with Gasteiger partial charge in [-0.3, -0.25) is 9.59 Å². The summed E-state index contributed by atoms with van der Waals surface area (Å²) in [7, 11) is 4.29. The maximum Gasteiger partial charge on any atom is 0.358 e. The molecule has 0 radical (unpaired) electrons. The third-order valence-corrected chi connectivity index (χ3v) is 6.98. The monoisotopic (exact) mass is 602 g/mol. The van der Waals surface area contributed by atoms with Crippen molar-refractivity contribution in [3.8, 4) is 0 Å². The summed E-state index contributed by atoms with van der Waals surface area (Å²) in [6, 6.07) is 22.3. The maximum atomic E-state index is 12.3. The van der Waals surface area contributed by atoms with Crippen LogP contribution in [0.3, 0.4) is 0 Å². The summed E-state index contributed by atoms with van der Waals surface area (Å²) in [4.78, 5) is 46.8. The standard InChI is InChI=1S/C16H15N3O4.C14H12ClN3O2/c1-19-15(20)11(8-13(17-19)16(21)22-2)12-9-14(23-18-12)10-6-4-3-5-7-10;1-18-14(19)10(7-13(15)16-18)11-8-12(20-17-11)9-5-3-2-4-6-9/h3-8,14H,9H2,1-2H3;2-7,12H,8H2,1H3. The van der Waals surface area contributed by atoms with Gasteiger partial charge in [-0.25, -0.2) is 14.2 Å². The lowest BCUT2D eigenvalue weighted by Gasteiger charge is -2.08. The van der Waals surface area contributed by atoms with E-state index in [0.29, 0.717) is 35.4 Å². The number of rotatable bonds is 5. The Morgan fingerprint density at radius 3 is 1.74 bits per heavy atom. The van der Waals surface area contributed by atoms with Gasteiger partial charge in [0, 0.05) is 26.9 Å². The van der Waals surface area contributed by atoms with Crippen LogP contribution < -0.4 is 11.1 Å². The van der Waals surface area contributed by atoms with Gasteiger partial charge in [-0.1, -0.05) is 82.6 Å². The minimum atomic E-state index is -0.610. The smallest absolute Gasteiger partial charge is 0.358 e. The van der Waals surface area contributed by atoms with Crippen molar-refractivity contribution in [2.24, 2.45) is 24.4 Å². The Hall–Kier alpha value is -5.10. The van der Waals surface area contributed by atoms with Crippen LogP contribution in [0.2, 0.25) is 5.15 Å². The molecule has 13 heteroatoms. The zero-order chi connectivity index (χ0) is 30.5. The molecule has 0 spiro atoms. The number of nitrogens with zero attached hydrogens (tertiary/aromatic N) is 6. The van der Waals surface area contributed by atoms with Crippen molar-refractivity contribution in [3.05, 3.63) is 127 Å². The molecule has 2 aromatic carbocycles. The van der Waals surface area contributed by atoms with Gasteiger partial charge >= 0.3 is 5.97 Å². The Bertz CT molecular complexity index is 1820. The number of benzene rings is 2. The second-order valence-corrected chi connectivity index (χ2v) is 10.1. The molecule has 2 atom stereocenters. The molecule has 0 saturated carbocycles. The van der Waals surface area contributed by atoms with Crippen molar-refractivity contribution < 1.29 is 19.2 Å². The van der Waals surface area contributed by atoms with Crippen LogP contribution in [0.25, 0.3) is 0 Å². The number of halogens is 1. The summed E-state index contributed by atoms with van der Waals surface area (Å²) in [5, 5.41) is 16.0. The molecule has 12 nitrogen and oxygen atoms in total. The molecular weight excluding hydrogens is 576 g/mol. The lowest BCUT2D eigenvalue weighted by molar-refractivity contribution is 0.0591. The van der Waals surface area contributed by atoms with Gasteiger partial charge in [-0.2, -0.15) is 10.2 Å². The van der Waals surface area contributed by atoms with Crippen molar-refractivity contribution >= 4 is 29.0 Å². The third-order valence-electron chi connectivity index (χ3n) is 6.79. The molecule has 4 heterocycles. The van der Waals surface area contributed by atoms with Crippen LogP contribution in [0, 0.1) is 0 Å². The second-order valence-electron chi connectivity index (χ2n) is 9.67. The van der Waals surface area contributed by atoms with Crippen LogP contribution in [0.4, 0.5) is 0 Å². The number of hydrogen-bond acceptors (Lipinski definition) is 10. The Morgan fingerprint density at radius 2 is 1.26 bits per heavy atom. The summed E-state index contributed by atoms with van der Waals surface area (Å²) in [6.45, 7) is 0. The van der Waals surface area contributed by atoms with E-state index in [9.17, 15) is 14.4 Å². The summed E-state index contributed by atoms with van der Waals surface area (Å²) in [6.07, 6.45) is 0.581. The summed E-state index contributed by atoms with van der Waals surface area (Å²) in [5.74, 6) is -0.610. The highest BCUT2D eigenvalue weighted by Gasteiger charge is 2.28. The van der Waals surface area contributed by atoms with Gasteiger partial charge in [-0.05, 0) is 23.3 Å². The predicted molar refractivity (Wildman–Crippen MR) is 158 cm³/mol. The van der Waals surface area contributed by atoms with Gasteiger partial charge in [0.15, 0.2) is 23.1 Å². The Kier molecular flexibility index (Phi) is 8.77. The number of ether oxygens (including phenoxy) is 1. The minimum Gasteiger partial charge on any atom is -0.464 e. The van der Waals surface area contributed by atoms with Gasteiger partial charge in [-0.15, -0.1) is 0 Å². The molecule has 0 N–H and O–H groups in total. The van der Waals surface area contributed by atoms with Crippen molar-refractivity contribution in [3.63, 3.8) is 0 Å². The molecule has 2 unspecified atom stereocenters. The summed E-state index contributed by atoms with van der Waals surface area (Å²) >= 11 is 5.89. The molecular formula is C30H27ClN6O6. The highest BCUT2D eigenvalue weighted by atomic mass is 35.5. The summed E-state index contributed by atoms with van der Waals surface area (Å²) in [5.41, 5.74) is 3.31. The SMILES string of the molecule is COC(=O)c1cc(C2=NOC(c3ccccc3)C2)c(=O)n(C)n1.Cn1nc(Cl)cc(C2=NOC(c3ccccc3)C2)c1=O. The molecule has 0 amide bonds. The quantitative estimate of drug-likeness (QED) is 0.315. The molecule has 0 fully saturated rings. The second kappa shape index (κ2) is 12.8. The zero-order valence-corrected chi connectivity index (χ0v) is 24.3. The average Bonchev–Trinajstić information content (AvgIpc) is 3.72. The number of aromatic nitrogens is 4. The molecule has 4 aromatic rings. The van der Waals surface area contributed by atoms with Crippen LogP contribution >= 0.6 is 11.6 Å². The fourth-order valence-corrected chi connectivity index (χ4v) is 4.79. The normalized spacial score (nSPS) is 17.1. The van der Waals surface area contributed by atoms with E-state index in [0.717, 1.165) is 15.8 Å². The van der Waals surface area contributed by atoms with Crippen molar-refractivity contribution in [2.75, 3.05) is 7.11 Å². The van der Waals surface area contributed by atoms with E-state index in [2.05, 4.69) is 25.2 Å². The van der Waals surface area contributed by atoms with Crippen LogP contribution in [0.15, 0.2) is 92.7 Å². The van der Waals surface area contributed by atoms with Crippen molar-refractivity contribution in [1.82, 2.24) is 19.6 Å². The molecule has 2 aliphatic rings. The first-order valence-electron chi connectivity index (χ1n) is 13.2. The minimum absolute atomic E-state index is 0.0514. The van der Waals surface area contributed by atoms with E-state index in [1.54, 1.807) is 7.05 Å². The number of carbonyl (C=O) groups excluding carboxylic acids is 1. The van der Waals surface area contributed by atoms with Gasteiger partial charge in [0.2, 0.25) is 0 Å². The van der Waals surface area contributed by atoms with E-state index < -0.39 is 5.97 Å². The van der Waals surface area contributed by atoms with Gasteiger partial charge in [0.1, 0.15) is 0 Å². The van der Waals surface area contributed by atoms with Crippen LogP contribution in [-0.4, -0.2) is 44.1 Å². The van der Waals surface area contributed by atoms with E-state index in [4.69, 9.17) is 21.3 Å². The molecule has 2 aliphatic heterocycles. The number of methoxy groups -OCH3 is 1. The fraction of sp³-hybridized carbons (Fsp3) is 0.233. The first-order valence-corrected chi connectivity index (χ1v) is 13.6. The Balaban J connectivity index is 0.000000173. The van der Waals surface area contributed by atoms with Crippen LogP contribution in [0.1, 0.15) is 57.8 Å².